The Hall–Kier alpha value is 1.00. The van der Waals surface area contributed by atoms with Crippen LogP contribution < -0.4 is 22.1 Å². The van der Waals surface area contributed by atoms with Crippen molar-refractivity contribution in [2.75, 3.05) is 19.6 Å². The van der Waals surface area contributed by atoms with Crippen molar-refractivity contribution in [3.05, 3.63) is 0 Å². The van der Waals surface area contributed by atoms with Gasteiger partial charge in [0, 0.05) is 37.8 Å². The Balaban J connectivity index is -0.000000120. The second-order valence-electron chi connectivity index (χ2n) is 3.83. The van der Waals surface area contributed by atoms with Crippen LogP contribution in [0, 0.1) is 0 Å². The SMILES string of the molecule is C[C@H](N)CN[C@@H](C)CN[C@@H](C)CN.Cl.Cl.Cl.Cl. The van der Waals surface area contributed by atoms with E-state index in [9.17, 15) is 0 Å². The molecule has 0 bridgehead atoms. The second-order valence-corrected chi connectivity index (χ2v) is 3.83. The number of halogens is 4. The lowest BCUT2D eigenvalue weighted by molar-refractivity contribution is 0.453. The molecule has 0 spiro atoms. The van der Waals surface area contributed by atoms with Crippen LogP contribution in [-0.2, 0) is 0 Å². The first-order valence-corrected chi connectivity index (χ1v) is 4.98. The molecule has 0 saturated heterocycles. The first kappa shape index (κ1) is 30.8. The van der Waals surface area contributed by atoms with Gasteiger partial charge in [-0.15, -0.1) is 49.6 Å². The van der Waals surface area contributed by atoms with Crippen molar-refractivity contribution in [1.29, 1.82) is 0 Å². The Morgan fingerprint density at radius 1 is 0.824 bits per heavy atom. The van der Waals surface area contributed by atoms with Crippen LogP contribution in [0.25, 0.3) is 0 Å². The fourth-order valence-electron chi connectivity index (χ4n) is 0.921. The molecule has 3 atom stereocenters. The lowest BCUT2D eigenvalue weighted by Gasteiger charge is -2.18. The molecule has 0 heterocycles. The Morgan fingerprint density at radius 3 is 1.59 bits per heavy atom. The Morgan fingerprint density at radius 2 is 1.24 bits per heavy atom. The monoisotopic (exact) mass is 332 g/mol. The minimum Gasteiger partial charge on any atom is -0.329 e. The summed E-state index contributed by atoms with van der Waals surface area (Å²) in [5.41, 5.74) is 11.1. The third-order valence-electron chi connectivity index (χ3n) is 1.91. The zero-order valence-corrected chi connectivity index (χ0v) is 13.9. The molecule has 6 N–H and O–H groups in total. The maximum atomic E-state index is 5.62. The van der Waals surface area contributed by atoms with E-state index in [1.54, 1.807) is 0 Å². The maximum absolute atomic E-state index is 5.62. The maximum Gasteiger partial charge on any atom is 0.0164 e. The number of nitrogens with two attached hydrogens (primary N) is 2. The molecular formula is C9H28Cl4N4. The highest BCUT2D eigenvalue weighted by Gasteiger charge is 2.03. The number of rotatable bonds is 7. The van der Waals surface area contributed by atoms with E-state index in [-0.39, 0.29) is 55.7 Å². The van der Waals surface area contributed by atoms with Gasteiger partial charge >= 0.3 is 0 Å². The van der Waals surface area contributed by atoms with Crippen molar-refractivity contribution in [3.8, 4) is 0 Å². The molecule has 4 nitrogen and oxygen atoms in total. The van der Waals surface area contributed by atoms with Crippen molar-refractivity contribution >= 4 is 49.6 Å². The summed E-state index contributed by atoms with van der Waals surface area (Å²) in [4.78, 5) is 0. The summed E-state index contributed by atoms with van der Waals surface area (Å²) in [5.74, 6) is 0. The highest BCUT2D eigenvalue weighted by molar-refractivity contribution is 5.86. The zero-order chi connectivity index (χ0) is 10.3. The van der Waals surface area contributed by atoms with Gasteiger partial charge < -0.3 is 22.1 Å². The van der Waals surface area contributed by atoms with Gasteiger partial charge in [0.05, 0.1) is 0 Å². The first-order chi connectivity index (χ1) is 6.06. The molecule has 0 rings (SSSR count). The molecule has 8 heteroatoms. The molecule has 0 aromatic heterocycles. The van der Waals surface area contributed by atoms with Crippen molar-refractivity contribution in [2.24, 2.45) is 11.5 Å². The molecular weight excluding hydrogens is 306 g/mol. The summed E-state index contributed by atoms with van der Waals surface area (Å²) in [6.45, 7) is 8.69. The fourth-order valence-corrected chi connectivity index (χ4v) is 0.921. The van der Waals surface area contributed by atoms with Gasteiger partial charge in [-0.3, -0.25) is 0 Å². The smallest absolute Gasteiger partial charge is 0.0164 e. The molecule has 17 heavy (non-hydrogen) atoms. The molecule has 0 aliphatic carbocycles. The molecule has 0 fully saturated rings. The van der Waals surface area contributed by atoms with Crippen LogP contribution >= 0.6 is 49.6 Å². The number of nitrogens with one attached hydrogen (secondary N) is 2. The van der Waals surface area contributed by atoms with E-state index in [0.29, 0.717) is 18.6 Å². The van der Waals surface area contributed by atoms with Gasteiger partial charge in [-0.05, 0) is 20.8 Å². The minimum atomic E-state index is 0. The van der Waals surface area contributed by atoms with Crippen molar-refractivity contribution in [3.63, 3.8) is 0 Å². The van der Waals surface area contributed by atoms with E-state index in [0.717, 1.165) is 13.1 Å². The van der Waals surface area contributed by atoms with E-state index >= 15 is 0 Å². The average molecular weight is 334 g/mol. The van der Waals surface area contributed by atoms with Crippen LogP contribution in [0.5, 0.6) is 0 Å². The minimum absolute atomic E-state index is 0. The van der Waals surface area contributed by atoms with E-state index in [1.165, 1.54) is 0 Å². The highest BCUT2D eigenvalue weighted by Crippen LogP contribution is 1.82. The van der Waals surface area contributed by atoms with E-state index in [1.807, 2.05) is 6.92 Å². The van der Waals surface area contributed by atoms with Crippen molar-refractivity contribution < 1.29 is 0 Å². The lowest BCUT2D eigenvalue weighted by atomic mass is 10.2. The number of hydrogen-bond acceptors (Lipinski definition) is 4. The molecule has 0 aromatic rings. The average Bonchev–Trinajstić information content (AvgIpc) is 2.10. The van der Waals surface area contributed by atoms with Gasteiger partial charge in [-0.1, -0.05) is 0 Å². The van der Waals surface area contributed by atoms with E-state index < -0.39 is 0 Å². The van der Waals surface area contributed by atoms with Crippen LogP contribution in [0.2, 0.25) is 0 Å². The van der Waals surface area contributed by atoms with Crippen LogP contribution in [0.3, 0.4) is 0 Å². The largest absolute Gasteiger partial charge is 0.329 e. The highest BCUT2D eigenvalue weighted by atomic mass is 35.5. The van der Waals surface area contributed by atoms with Gasteiger partial charge in [-0.25, -0.2) is 0 Å². The topological polar surface area (TPSA) is 76.1 Å². The predicted octanol–water partition coefficient (Wildman–Crippen LogP) is 0.936. The van der Waals surface area contributed by atoms with Crippen molar-refractivity contribution in [2.45, 2.75) is 38.9 Å². The van der Waals surface area contributed by atoms with Gasteiger partial charge in [0.2, 0.25) is 0 Å². The molecule has 0 aliphatic heterocycles. The second kappa shape index (κ2) is 19.3. The van der Waals surface area contributed by atoms with Gasteiger partial charge in [-0.2, -0.15) is 0 Å². The van der Waals surface area contributed by atoms with E-state index in [4.69, 9.17) is 11.5 Å². The van der Waals surface area contributed by atoms with Gasteiger partial charge in [0.15, 0.2) is 0 Å². The normalized spacial score (nSPS) is 13.9. The Labute approximate surface area is 130 Å². The van der Waals surface area contributed by atoms with Crippen molar-refractivity contribution in [1.82, 2.24) is 10.6 Å². The standard InChI is InChI=1S/C9H24N4.4ClH/c1-7(11)5-12-9(3)6-13-8(2)4-10;;;;/h7-9,12-13H,4-6,10-11H2,1-3H3;4*1H/t7-,8-,9-;;;;/m0..../s1. The number of hydrogen-bond donors (Lipinski definition) is 4. The quantitative estimate of drug-likeness (QED) is 0.559. The van der Waals surface area contributed by atoms with Gasteiger partial charge in [0.25, 0.3) is 0 Å². The summed E-state index contributed by atoms with van der Waals surface area (Å²) in [5, 5.41) is 6.66. The lowest BCUT2D eigenvalue weighted by Crippen LogP contribution is -2.45. The summed E-state index contributed by atoms with van der Waals surface area (Å²) < 4.78 is 0. The summed E-state index contributed by atoms with van der Waals surface area (Å²) in [6.07, 6.45) is 0. The fraction of sp³-hybridized carbons (Fsp3) is 1.00. The van der Waals surface area contributed by atoms with Crippen LogP contribution in [-0.4, -0.2) is 37.8 Å². The third-order valence-corrected chi connectivity index (χ3v) is 1.91. The summed E-state index contributed by atoms with van der Waals surface area (Å²) in [6, 6.07) is 1.05. The third kappa shape index (κ3) is 22.6. The molecule has 0 radical (unpaired) electrons. The van der Waals surface area contributed by atoms with Crippen LogP contribution in [0.15, 0.2) is 0 Å². The van der Waals surface area contributed by atoms with Crippen LogP contribution in [0.4, 0.5) is 0 Å². The zero-order valence-electron chi connectivity index (χ0n) is 10.6. The van der Waals surface area contributed by atoms with Gasteiger partial charge in [0.1, 0.15) is 0 Å². The summed E-state index contributed by atoms with van der Waals surface area (Å²) in [7, 11) is 0. The molecule has 0 saturated carbocycles. The summed E-state index contributed by atoms with van der Waals surface area (Å²) >= 11 is 0. The predicted molar refractivity (Wildman–Crippen MR) is 86.6 cm³/mol. The molecule has 112 valence electrons. The molecule has 0 amide bonds. The van der Waals surface area contributed by atoms with E-state index in [2.05, 4.69) is 24.5 Å². The first-order valence-electron chi connectivity index (χ1n) is 4.98. The Kier molecular flexibility index (Phi) is 35.0. The molecule has 0 aromatic carbocycles. The van der Waals surface area contributed by atoms with Crippen LogP contribution in [0.1, 0.15) is 20.8 Å². The molecule has 0 aliphatic rings. The Bertz CT molecular complexity index is 130. The molecule has 0 unspecified atom stereocenters.